The van der Waals surface area contributed by atoms with Gasteiger partial charge in [0.05, 0.1) is 6.04 Å². The van der Waals surface area contributed by atoms with Gasteiger partial charge in [0.25, 0.3) is 0 Å². The summed E-state index contributed by atoms with van der Waals surface area (Å²) in [7, 11) is 0. The van der Waals surface area contributed by atoms with E-state index in [9.17, 15) is 4.79 Å². The first-order valence-electron chi connectivity index (χ1n) is 4.44. The van der Waals surface area contributed by atoms with Crippen LogP contribution in [-0.4, -0.2) is 11.8 Å². The highest BCUT2D eigenvalue weighted by molar-refractivity contribution is 5.92. The molecule has 2 aliphatic carbocycles. The van der Waals surface area contributed by atoms with Gasteiger partial charge in [-0.15, -0.1) is 0 Å². The third-order valence-corrected chi connectivity index (χ3v) is 3.59. The minimum atomic E-state index is -0.148. The molecule has 0 spiro atoms. The van der Waals surface area contributed by atoms with Crippen molar-refractivity contribution in [3.05, 3.63) is 0 Å². The molecule has 0 aromatic carbocycles. The second kappa shape index (κ2) is 2.07. The van der Waals surface area contributed by atoms with Crippen LogP contribution in [0.2, 0.25) is 0 Å². The fourth-order valence-electron chi connectivity index (χ4n) is 2.78. The van der Waals surface area contributed by atoms with Crippen molar-refractivity contribution in [3.8, 4) is 0 Å². The highest BCUT2D eigenvalue weighted by Crippen LogP contribution is 2.51. The smallest absolute Gasteiger partial charge is 0.155 e. The van der Waals surface area contributed by atoms with E-state index in [0.717, 1.165) is 12.8 Å². The lowest BCUT2D eigenvalue weighted by molar-refractivity contribution is -0.126. The van der Waals surface area contributed by atoms with E-state index < -0.39 is 0 Å². The van der Waals surface area contributed by atoms with Gasteiger partial charge in [-0.3, -0.25) is 4.79 Å². The van der Waals surface area contributed by atoms with E-state index in [1.54, 1.807) is 0 Å². The molecule has 0 aliphatic heterocycles. The maximum Gasteiger partial charge on any atom is 0.155 e. The summed E-state index contributed by atoms with van der Waals surface area (Å²) in [4.78, 5) is 11.6. The predicted molar refractivity (Wildman–Crippen MR) is 43.0 cm³/mol. The Morgan fingerprint density at radius 1 is 1.64 bits per heavy atom. The van der Waals surface area contributed by atoms with Crippen LogP contribution in [0.5, 0.6) is 0 Å². The number of hydrogen-bond acceptors (Lipinski definition) is 2. The highest BCUT2D eigenvalue weighted by atomic mass is 16.1. The predicted octanol–water partition coefficient (Wildman–Crippen LogP) is 1.09. The van der Waals surface area contributed by atoms with E-state index in [1.165, 1.54) is 12.8 Å². The summed E-state index contributed by atoms with van der Waals surface area (Å²) in [6, 6.07) is -0.148. The lowest BCUT2D eigenvalue weighted by Gasteiger charge is -2.20. The van der Waals surface area contributed by atoms with Crippen molar-refractivity contribution < 1.29 is 4.79 Å². The van der Waals surface area contributed by atoms with Gasteiger partial charge in [0.15, 0.2) is 5.78 Å². The molecule has 0 aromatic rings. The van der Waals surface area contributed by atoms with Crippen molar-refractivity contribution in [1.82, 2.24) is 0 Å². The summed E-state index contributed by atoms with van der Waals surface area (Å²) in [6.45, 7) is 2.10. The van der Waals surface area contributed by atoms with Crippen molar-refractivity contribution >= 4 is 5.78 Å². The average molecular weight is 153 g/mol. The van der Waals surface area contributed by atoms with Crippen molar-refractivity contribution in [2.45, 2.75) is 38.6 Å². The van der Waals surface area contributed by atoms with Crippen LogP contribution in [0.15, 0.2) is 0 Å². The molecule has 3 unspecified atom stereocenters. The van der Waals surface area contributed by atoms with E-state index >= 15 is 0 Å². The molecule has 2 rings (SSSR count). The Balaban J connectivity index is 2.30. The first kappa shape index (κ1) is 7.29. The molecule has 0 radical (unpaired) electrons. The van der Waals surface area contributed by atoms with Gasteiger partial charge in [0.2, 0.25) is 0 Å². The Morgan fingerprint density at radius 3 is 3.00 bits per heavy atom. The SMILES string of the molecule is CC12CCCC1CC(N)C2=O. The lowest BCUT2D eigenvalue weighted by Crippen LogP contribution is -2.33. The van der Waals surface area contributed by atoms with Gasteiger partial charge >= 0.3 is 0 Å². The monoisotopic (exact) mass is 153 g/mol. The largest absolute Gasteiger partial charge is 0.321 e. The molecule has 0 aromatic heterocycles. The zero-order valence-electron chi connectivity index (χ0n) is 6.97. The van der Waals surface area contributed by atoms with Crippen LogP contribution < -0.4 is 5.73 Å². The van der Waals surface area contributed by atoms with Crippen molar-refractivity contribution in [2.24, 2.45) is 17.1 Å². The van der Waals surface area contributed by atoms with Crippen LogP contribution in [0, 0.1) is 11.3 Å². The molecule has 2 saturated carbocycles. The van der Waals surface area contributed by atoms with Crippen LogP contribution in [0.1, 0.15) is 32.6 Å². The average Bonchev–Trinajstić information content (AvgIpc) is 2.39. The number of rotatable bonds is 0. The van der Waals surface area contributed by atoms with Crippen LogP contribution in [0.25, 0.3) is 0 Å². The van der Waals surface area contributed by atoms with Crippen molar-refractivity contribution in [3.63, 3.8) is 0 Å². The van der Waals surface area contributed by atoms with Crippen LogP contribution in [-0.2, 0) is 4.79 Å². The van der Waals surface area contributed by atoms with E-state index in [1.807, 2.05) is 0 Å². The zero-order chi connectivity index (χ0) is 8.06. The summed E-state index contributed by atoms with van der Waals surface area (Å²) in [5.74, 6) is 0.921. The normalized spacial score (nSPS) is 49.8. The van der Waals surface area contributed by atoms with Gasteiger partial charge in [0, 0.05) is 5.41 Å². The van der Waals surface area contributed by atoms with Gasteiger partial charge in [-0.2, -0.15) is 0 Å². The second-order valence-electron chi connectivity index (χ2n) is 4.21. The second-order valence-corrected chi connectivity index (χ2v) is 4.21. The topological polar surface area (TPSA) is 43.1 Å². The summed E-state index contributed by atoms with van der Waals surface area (Å²) in [6.07, 6.45) is 4.45. The van der Waals surface area contributed by atoms with E-state index in [0.29, 0.717) is 11.7 Å². The summed E-state index contributed by atoms with van der Waals surface area (Å²) in [5.41, 5.74) is 5.68. The van der Waals surface area contributed by atoms with Gasteiger partial charge in [-0.25, -0.2) is 0 Å². The molecule has 0 bridgehead atoms. The summed E-state index contributed by atoms with van der Waals surface area (Å²) in [5, 5.41) is 0. The molecule has 62 valence electrons. The molecule has 0 heterocycles. The first-order chi connectivity index (χ1) is 5.14. The molecular weight excluding hydrogens is 138 g/mol. The quantitative estimate of drug-likeness (QED) is 0.566. The van der Waals surface area contributed by atoms with Crippen molar-refractivity contribution in [1.29, 1.82) is 0 Å². The third-order valence-electron chi connectivity index (χ3n) is 3.59. The number of nitrogens with two attached hydrogens (primary N) is 1. The van der Waals surface area contributed by atoms with Gasteiger partial charge < -0.3 is 5.73 Å². The number of fused-ring (bicyclic) bond motifs is 1. The molecule has 0 saturated heterocycles. The van der Waals surface area contributed by atoms with Gasteiger partial charge in [0.1, 0.15) is 0 Å². The molecule has 2 N–H and O–H groups in total. The van der Waals surface area contributed by atoms with Crippen LogP contribution >= 0.6 is 0 Å². The first-order valence-corrected chi connectivity index (χ1v) is 4.44. The number of ketones is 1. The molecule has 2 nitrogen and oxygen atoms in total. The van der Waals surface area contributed by atoms with E-state index in [2.05, 4.69) is 6.92 Å². The number of carbonyl (C=O) groups excluding carboxylic acids is 1. The van der Waals surface area contributed by atoms with E-state index in [-0.39, 0.29) is 11.5 Å². The third kappa shape index (κ3) is 0.791. The van der Waals surface area contributed by atoms with Crippen molar-refractivity contribution in [2.75, 3.05) is 0 Å². The van der Waals surface area contributed by atoms with Gasteiger partial charge in [-0.05, 0) is 25.2 Å². The fraction of sp³-hybridized carbons (Fsp3) is 0.889. The molecule has 2 fully saturated rings. The van der Waals surface area contributed by atoms with Crippen LogP contribution in [0.3, 0.4) is 0 Å². The Morgan fingerprint density at radius 2 is 2.36 bits per heavy atom. The fourth-order valence-corrected chi connectivity index (χ4v) is 2.78. The Labute approximate surface area is 67.1 Å². The number of carbonyl (C=O) groups is 1. The zero-order valence-corrected chi connectivity index (χ0v) is 6.97. The number of hydrogen-bond donors (Lipinski definition) is 1. The maximum absolute atomic E-state index is 11.6. The summed E-state index contributed by atoms with van der Waals surface area (Å²) >= 11 is 0. The Hall–Kier alpha value is -0.370. The summed E-state index contributed by atoms with van der Waals surface area (Å²) < 4.78 is 0. The molecule has 2 heteroatoms. The molecule has 3 atom stereocenters. The molecule has 2 aliphatic rings. The van der Waals surface area contributed by atoms with Gasteiger partial charge in [-0.1, -0.05) is 13.3 Å². The number of Topliss-reactive ketones (excluding diaryl/α,β-unsaturated/α-hetero) is 1. The highest BCUT2D eigenvalue weighted by Gasteiger charge is 2.52. The molecule has 11 heavy (non-hydrogen) atoms. The minimum absolute atomic E-state index is 0.0284. The maximum atomic E-state index is 11.6. The molecular formula is C9H15NO. The van der Waals surface area contributed by atoms with Crippen LogP contribution in [0.4, 0.5) is 0 Å². The molecule has 0 amide bonds. The Kier molecular flexibility index (Phi) is 1.37. The minimum Gasteiger partial charge on any atom is -0.321 e. The Bertz CT molecular complexity index is 202. The van der Waals surface area contributed by atoms with E-state index in [4.69, 9.17) is 5.73 Å². The lowest BCUT2D eigenvalue weighted by atomic mass is 9.82. The standard InChI is InChI=1S/C9H15NO/c1-9-4-2-3-6(9)5-7(10)8(9)11/h6-7H,2-5,10H2,1H3.